The molecule has 0 atom stereocenters. The van der Waals surface area contributed by atoms with Crippen LogP contribution in [0.3, 0.4) is 0 Å². The zero-order valence-corrected chi connectivity index (χ0v) is 13.2. The molecule has 0 spiro atoms. The Morgan fingerprint density at radius 1 is 1.40 bits per heavy atom. The van der Waals surface area contributed by atoms with Gasteiger partial charge >= 0.3 is 0 Å². The summed E-state index contributed by atoms with van der Waals surface area (Å²) in [6, 6.07) is 8.94. The third kappa shape index (κ3) is 3.74. The van der Waals surface area contributed by atoms with Crippen molar-refractivity contribution < 1.29 is 9.53 Å². The summed E-state index contributed by atoms with van der Waals surface area (Å²) >= 11 is 7.58. The van der Waals surface area contributed by atoms with Crippen LogP contribution < -0.4 is 10.1 Å². The summed E-state index contributed by atoms with van der Waals surface area (Å²) in [7, 11) is 1.56. The molecule has 2 rings (SSSR count). The average molecular weight is 353 g/mol. The predicted octanol–water partition coefficient (Wildman–Crippen LogP) is 3.07. The normalized spacial score (nSPS) is 10.2. The molecule has 0 unspecified atom stereocenters. The van der Waals surface area contributed by atoms with Gasteiger partial charge in [-0.2, -0.15) is 0 Å². The zero-order chi connectivity index (χ0) is 14.5. The highest BCUT2D eigenvalue weighted by Gasteiger charge is 2.10. The van der Waals surface area contributed by atoms with E-state index >= 15 is 0 Å². The van der Waals surface area contributed by atoms with E-state index in [9.17, 15) is 4.79 Å². The van der Waals surface area contributed by atoms with Gasteiger partial charge in [-0.25, -0.2) is 4.98 Å². The number of rotatable bonds is 4. The van der Waals surface area contributed by atoms with Crippen molar-refractivity contribution in [2.24, 2.45) is 0 Å². The molecule has 1 aromatic carbocycles. The Bertz CT molecular complexity index is 617. The molecule has 6 heteroatoms. The van der Waals surface area contributed by atoms with Gasteiger partial charge in [0, 0.05) is 28.2 Å². The molecule has 0 saturated heterocycles. The minimum atomic E-state index is -0.163. The number of ether oxygens (including phenoxy) is 1. The third-order valence-electron chi connectivity index (χ3n) is 2.65. The van der Waals surface area contributed by atoms with Crippen molar-refractivity contribution in [3.05, 3.63) is 52.1 Å². The van der Waals surface area contributed by atoms with Crippen LogP contribution in [0, 0.1) is 0 Å². The Balaban J connectivity index is 2.02. The maximum atomic E-state index is 12.1. The van der Waals surface area contributed by atoms with Gasteiger partial charge in [-0.05, 0) is 39.7 Å². The number of pyridine rings is 1. The fourth-order valence-electron chi connectivity index (χ4n) is 1.60. The van der Waals surface area contributed by atoms with Crippen molar-refractivity contribution in [1.29, 1.82) is 0 Å². The number of nitrogens with zero attached hydrogens (tertiary/aromatic N) is 1. The minimum Gasteiger partial charge on any atom is -0.481 e. The van der Waals surface area contributed by atoms with E-state index in [0.717, 1.165) is 14.9 Å². The van der Waals surface area contributed by atoms with Crippen molar-refractivity contribution in [2.75, 3.05) is 7.11 Å². The first-order valence-electron chi connectivity index (χ1n) is 5.86. The van der Waals surface area contributed by atoms with Crippen LogP contribution >= 0.6 is 28.6 Å². The van der Waals surface area contributed by atoms with Gasteiger partial charge in [-0.3, -0.25) is 4.79 Å². The molecule has 0 saturated carbocycles. The van der Waals surface area contributed by atoms with Gasteiger partial charge in [0.25, 0.3) is 5.91 Å². The molecule has 20 heavy (non-hydrogen) atoms. The zero-order valence-electron chi connectivity index (χ0n) is 10.8. The summed E-state index contributed by atoms with van der Waals surface area (Å²) in [4.78, 5) is 16.9. The van der Waals surface area contributed by atoms with E-state index in [1.807, 2.05) is 12.1 Å². The third-order valence-corrected chi connectivity index (χ3v) is 3.62. The van der Waals surface area contributed by atoms with Crippen molar-refractivity contribution >= 4 is 34.5 Å². The van der Waals surface area contributed by atoms with Crippen LogP contribution in [0.1, 0.15) is 15.9 Å². The molecule has 1 N–H and O–H groups in total. The largest absolute Gasteiger partial charge is 0.481 e. The lowest BCUT2D eigenvalue weighted by atomic mass is 10.2. The quantitative estimate of drug-likeness (QED) is 0.831. The SMILES string of the molecule is COc1ccc(CNC(=O)c2cc(S)ccc2Br)cn1. The topological polar surface area (TPSA) is 51.2 Å². The van der Waals surface area contributed by atoms with Crippen LogP contribution in [0.5, 0.6) is 5.88 Å². The molecule has 4 nitrogen and oxygen atoms in total. The monoisotopic (exact) mass is 352 g/mol. The molecule has 1 aromatic heterocycles. The van der Waals surface area contributed by atoms with Crippen LogP contribution in [0.25, 0.3) is 0 Å². The van der Waals surface area contributed by atoms with Crippen LogP contribution in [0.15, 0.2) is 45.9 Å². The van der Waals surface area contributed by atoms with Gasteiger partial charge < -0.3 is 10.1 Å². The molecule has 0 aliphatic heterocycles. The Kier molecular flexibility index (Phi) is 5.03. The number of thiol groups is 1. The molecule has 0 fully saturated rings. The van der Waals surface area contributed by atoms with Crippen molar-refractivity contribution in [3.8, 4) is 5.88 Å². The number of hydrogen-bond donors (Lipinski definition) is 2. The van der Waals surface area contributed by atoms with E-state index in [1.54, 1.807) is 31.5 Å². The van der Waals surface area contributed by atoms with Crippen LogP contribution in [-0.4, -0.2) is 18.0 Å². The van der Waals surface area contributed by atoms with E-state index in [-0.39, 0.29) is 5.91 Å². The number of carbonyl (C=O) groups excluding carboxylic acids is 1. The average Bonchev–Trinajstić information content (AvgIpc) is 2.47. The Morgan fingerprint density at radius 2 is 2.20 bits per heavy atom. The summed E-state index contributed by atoms with van der Waals surface area (Å²) in [5.74, 6) is 0.384. The maximum Gasteiger partial charge on any atom is 0.252 e. The molecular formula is C14H13BrN2O2S. The van der Waals surface area contributed by atoms with Crippen LogP contribution in [0.2, 0.25) is 0 Å². The smallest absolute Gasteiger partial charge is 0.252 e. The molecule has 0 radical (unpaired) electrons. The second-order valence-electron chi connectivity index (χ2n) is 4.06. The summed E-state index contributed by atoms with van der Waals surface area (Å²) in [5.41, 5.74) is 1.45. The van der Waals surface area contributed by atoms with Gasteiger partial charge in [0.15, 0.2) is 0 Å². The summed E-state index contributed by atoms with van der Waals surface area (Å²) in [5, 5.41) is 2.84. The summed E-state index contributed by atoms with van der Waals surface area (Å²) in [6.07, 6.45) is 1.67. The standard InChI is InChI=1S/C14H13BrN2O2S/c1-19-13-5-2-9(7-16-13)8-17-14(18)11-6-10(20)3-4-12(11)15/h2-7,20H,8H2,1H3,(H,17,18). The minimum absolute atomic E-state index is 0.163. The molecule has 0 aliphatic carbocycles. The molecule has 0 bridgehead atoms. The molecule has 104 valence electrons. The fourth-order valence-corrected chi connectivity index (χ4v) is 2.23. The van der Waals surface area contributed by atoms with E-state index < -0.39 is 0 Å². The molecule has 1 heterocycles. The van der Waals surface area contributed by atoms with E-state index in [0.29, 0.717) is 18.0 Å². The second kappa shape index (κ2) is 6.76. The highest BCUT2D eigenvalue weighted by Crippen LogP contribution is 2.20. The fraction of sp³-hybridized carbons (Fsp3) is 0.143. The summed E-state index contributed by atoms with van der Waals surface area (Å²) < 4.78 is 5.72. The number of carbonyl (C=O) groups is 1. The van der Waals surface area contributed by atoms with Crippen molar-refractivity contribution in [3.63, 3.8) is 0 Å². The highest BCUT2D eigenvalue weighted by molar-refractivity contribution is 9.10. The van der Waals surface area contributed by atoms with Crippen molar-refractivity contribution in [1.82, 2.24) is 10.3 Å². The lowest BCUT2D eigenvalue weighted by Gasteiger charge is -2.08. The first-order chi connectivity index (χ1) is 9.60. The van der Waals surface area contributed by atoms with E-state index in [2.05, 4.69) is 38.9 Å². The Morgan fingerprint density at radius 3 is 2.85 bits per heavy atom. The molecular weight excluding hydrogens is 340 g/mol. The van der Waals surface area contributed by atoms with Gasteiger partial charge in [0.2, 0.25) is 5.88 Å². The predicted molar refractivity (Wildman–Crippen MR) is 83.4 cm³/mol. The second-order valence-corrected chi connectivity index (χ2v) is 5.43. The number of nitrogens with one attached hydrogen (secondary N) is 1. The number of aromatic nitrogens is 1. The lowest BCUT2D eigenvalue weighted by molar-refractivity contribution is 0.0950. The van der Waals surface area contributed by atoms with Gasteiger partial charge in [0.1, 0.15) is 0 Å². The maximum absolute atomic E-state index is 12.1. The van der Waals surface area contributed by atoms with Gasteiger partial charge in [-0.1, -0.05) is 6.07 Å². The number of halogens is 1. The Hall–Kier alpha value is -1.53. The number of methoxy groups -OCH3 is 1. The summed E-state index contributed by atoms with van der Waals surface area (Å²) in [6.45, 7) is 0.402. The number of benzene rings is 1. The van der Waals surface area contributed by atoms with E-state index in [4.69, 9.17) is 4.74 Å². The Labute approximate surface area is 131 Å². The van der Waals surface area contributed by atoms with Crippen molar-refractivity contribution in [2.45, 2.75) is 11.4 Å². The van der Waals surface area contributed by atoms with E-state index in [1.165, 1.54) is 0 Å². The first-order valence-corrected chi connectivity index (χ1v) is 7.10. The first kappa shape index (κ1) is 14.9. The van der Waals surface area contributed by atoms with Gasteiger partial charge in [-0.15, -0.1) is 12.6 Å². The molecule has 1 amide bonds. The van der Waals surface area contributed by atoms with Crippen LogP contribution in [0.4, 0.5) is 0 Å². The lowest BCUT2D eigenvalue weighted by Crippen LogP contribution is -2.23. The number of hydrogen-bond acceptors (Lipinski definition) is 4. The number of amides is 1. The van der Waals surface area contributed by atoms with Crippen LogP contribution in [-0.2, 0) is 6.54 Å². The molecule has 2 aromatic rings. The van der Waals surface area contributed by atoms with Gasteiger partial charge in [0.05, 0.1) is 12.7 Å². The highest BCUT2D eigenvalue weighted by atomic mass is 79.9. The molecule has 0 aliphatic rings.